The molecule has 2 nitrogen and oxygen atoms in total. The molecule has 1 amide bonds. The summed E-state index contributed by atoms with van der Waals surface area (Å²) < 4.78 is 1.10. The highest BCUT2D eigenvalue weighted by Gasteiger charge is 2.13. The first-order valence-electron chi connectivity index (χ1n) is 5.92. The summed E-state index contributed by atoms with van der Waals surface area (Å²) in [6.45, 7) is 0.445. The normalized spacial score (nSPS) is 10.4. The fourth-order valence-corrected chi connectivity index (χ4v) is 2.62. The largest absolute Gasteiger partial charge is 0.337 e. The minimum Gasteiger partial charge on any atom is -0.337 e. The molecule has 0 radical (unpaired) electrons. The number of nitrogens with zero attached hydrogens (tertiary/aromatic N) is 1. The van der Waals surface area contributed by atoms with Crippen LogP contribution in [-0.2, 0) is 6.54 Å². The van der Waals surface area contributed by atoms with Crippen LogP contribution in [0.1, 0.15) is 15.9 Å². The Balaban J connectivity index is 2.13. The van der Waals surface area contributed by atoms with Gasteiger partial charge in [0.15, 0.2) is 0 Å². The molecule has 0 unspecified atom stereocenters. The average Bonchev–Trinajstić information content (AvgIpc) is 2.42. The molecule has 0 aliphatic heterocycles. The van der Waals surface area contributed by atoms with Crippen LogP contribution in [0.4, 0.5) is 0 Å². The lowest BCUT2D eigenvalue weighted by molar-refractivity contribution is 0.0785. The second kappa shape index (κ2) is 6.78. The maximum Gasteiger partial charge on any atom is 0.253 e. The lowest BCUT2D eigenvalue weighted by atomic mass is 10.1. The highest BCUT2D eigenvalue weighted by Crippen LogP contribution is 2.22. The molecule has 2 aromatic carbocycles. The molecule has 0 heterocycles. The Morgan fingerprint density at radius 1 is 1.15 bits per heavy atom. The first kappa shape index (κ1) is 15.6. The summed E-state index contributed by atoms with van der Waals surface area (Å²) in [5, 5.41) is 1.16. The van der Waals surface area contributed by atoms with Gasteiger partial charge in [-0.25, -0.2) is 0 Å². The standard InChI is InChI=1S/C15H12Cl2INO/c1-19(9-11-2-5-12(16)8-14(11)17)15(20)10-3-6-13(18)7-4-10/h2-8H,9H2,1H3. The summed E-state index contributed by atoms with van der Waals surface area (Å²) >= 11 is 14.2. The molecule has 0 aliphatic carbocycles. The quantitative estimate of drug-likeness (QED) is 0.650. The predicted octanol–water partition coefficient (Wildman–Crippen LogP) is 4.87. The van der Waals surface area contributed by atoms with Gasteiger partial charge in [0.25, 0.3) is 5.91 Å². The van der Waals surface area contributed by atoms with Gasteiger partial charge in [0.1, 0.15) is 0 Å². The van der Waals surface area contributed by atoms with E-state index >= 15 is 0 Å². The van der Waals surface area contributed by atoms with Gasteiger partial charge in [-0.2, -0.15) is 0 Å². The van der Waals surface area contributed by atoms with E-state index in [2.05, 4.69) is 22.6 Å². The highest BCUT2D eigenvalue weighted by molar-refractivity contribution is 14.1. The summed E-state index contributed by atoms with van der Waals surface area (Å²) in [6, 6.07) is 12.8. The van der Waals surface area contributed by atoms with Gasteiger partial charge in [-0.15, -0.1) is 0 Å². The number of hydrogen-bond donors (Lipinski definition) is 0. The van der Waals surface area contributed by atoms with Crippen molar-refractivity contribution in [3.05, 3.63) is 67.2 Å². The van der Waals surface area contributed by atoms with Crippen molar-refractivity contribution in [2.75, 3.05) is 7.05 Å². The van der Waals surface area contributed by atoms with E-state index in [1.807, 2.05) is 30.3 Å². The first-order chi connectivity index (χ1) is 9.47. The molecular formula is C15H12Cl2INO. The van der Waals surface area contributed by atoms with Gasteiger partial charge >= 0.3 is 0 Å². The van der Waals surface area contributed by atoms with Gasteiger partial charge in [-0.05, 0) is 64.6 Å². The van der Waals surface area contributed by atoms with Crippen molar-refractivity contribution in [1.82, 2.24) is 4.90 Å². The van der Waals surface area contributed by atoms with Gasteiger partial charge in [0, 0.05) is 32.8 Å². The van der Waals surface area contributed by atoms with Crippen LogP contribution in [0.3, 0.4) is 0 Å². The van der Waals surface area contributed by atoms with E-state index in [-0.39, 0.29) is 5.91 Å². The third kappa shape index (κ3) is 3.87. The number of halogens is 3. The van der Waals surface area contributed by atoms with E-state index in [0.717, 1.165) is 9.13 Å². The monoisotopic (exact) mass is 419 g/mol. The van der Waals surface area contributed by atoms with Gasteiger partial charge in [-0.3, -0.25) is 4.79 Å². The molecule has 0 saturated carbocycles. The second-order valence-corrected chi connectivity index (χ2v) is 6.49. The molecule has 104 valence electrons. The van der Waals surface area contributed by atoms with Crippen LogP contribution in [0.5, 0.6) is 0 Å². The van der Waals surface area contributed by atoms with Gasteiger partial charge < -0.3 is 4.90 Å². The van der Waals surface area contributed by atoms with Crippen molar-refractivity contribution in [2.45, 2.75) is 6.54 Å². The summed E-state index contributed by atoms with van der Waals surface area (Å²) in [4.78, 5) is 13.9. The van der Waals surface area contributed by atoms with Crippen molar-refractivity contribution in [2.24, 2.45) is 0 Å². The van der Waals surface area contributed by atoms with Crippen molar-refractivity contribution in [1.29, 1.82) is 0 Å². The van der Waals surface area contributed by atoms with Crippen LogP contribution >= 0.6 is 45.8 Å². The molecule has 2 aromatic rings. The molecule has 0 aliphatic rings. The average molecular weight is 420 g/mol. The number of hydrogen-bond acceptors (Lipinski definition) is 1. The van der Waals surface area contributed by atoms with Crippen molar-refractivity contribution in [3.8, 4) is 0 Å². The number of carbonyl (C=O) groups excluding carboxylic acids is 1. The van der Waals surface area contributed by atoms with Crippen LogP contribution < -0.4 is 0 Å². The molecule has 2 rings (SSSR count). The maximum absolute atomic E-state index is 12.3. The molecule has 0 saturated heterocycles. The van der Waals surface area contributed by atoms with Crippen molar-refractivity contribution in [3.63, 3.8) is 0 Å². The van der Waals surface area contributed by atoms with E-state index in [9.17, 15) is 4.79 Å². The third-order valence-corrected chi connectivity index (χ3v) is 4.17. The van der Waals surface area contributed by atoms with Crippen LogP contribution in [0, 0.1) is 3.57 Å². The Morgan fingerprint density at radius 3 is 2.40 bits per heavy atom. The molecule has 0 fully saturated rings. The molecule has 0 N–H and O–H groups in total. The van der Waals surface area contributed by atoms with Crippen molar-refractivity contribution >= 4 is 51.7 Å². The fourth-order valence-electron chi connectivity index (χ4n) is 1.79. The minimum absolute atomic E-state index is 0.0348. The van der Waals surface area contributed by atoms with Crippen LogP contribution in [-0.4, -0.2) is 17.9 Å². The topological polar surface area (TPSA) is 20.3 Å². The summed E-state index contributed by atoms with van der Waals surface area (Å²) in [5.74, 6) is -0.0348. The molecule has 0 bridgehead atoms. The zero-order valence-electron chi connectivity index (χ0n) is 10.7. The Kier molecular flexibility index (Phi) is 5.29. The summed E-state index contributed by atoms with van der Waals surface area (Å²) in [7, 11) is 1.76. The number of amides is 1. The van der Waals surface area contributed by atoms with E-state index in [4.69, 9.17) is 23.2 Å². The lowest BCUT2D eigenvalue weighted by Gasteiger charge is -2.18. The molecule has 5 heteroatoms. The molecule has 0 spiro atoms. The van der Waals surface area contributed by atoms with Crippen molar-refractivity contribution < 1.29 is 4.79 Å². The van der Waals surface area contributed by atoms with E-state index < -0.39 is 0 Å². The minimum atomic E-state index is -0.0348. The Bertz CT molecular complexity index is 628. The molecular weight excluding hydrogens is 408 g/mol. The predicted molar refractivity (Wildman–Crippen MR) is 91.4 cm³/mol. The van der Waals surface area contributed by atoms with Crippen LogP contribution in [0.15, 0.2) is 42.5 Å². The highest BCUT2D eigenvalue weighted by atomic mass is 127. The van der Waals surface area contributed by atoms with E-state index in [1.165, 1.54) is 0 Å². The fraction of sp³-hybridized carbons (Fsp3) is 0.133. The first-order valence-corrected chi connectivity index (χ1v) is 7.76. The Labute approximate surface area is 141 Å². The lowest BCUT2D eigenvalue weighted by Crippen LogP contribution is -2.26. The third-order valence-electron chi connectivity index (χ3n) is 2.86. The van der Waals surface area contributed by atoms with Crippen LogP contribution in [0.25, 0.3) is 0 Å². The smallest absolute Gasteiger partial charge is 0.253 e. The van der Waals surface area contributed by atoms with Crippen LogP contribution in [0.2, 0.25) is 10.0 Å². The zero-order valence-corrected chi connectivity index (χ0v) is 14.4. The molecule has 20 heavy (non-hydrogen) atoms. The summed E-state index contributed by atoms with van der Waals surface area (Å²) in [6.07, 6.45) is 0. The second-order valence-electron chi connectivity index (χ2n) is 4.40. The number of benzene rings is 2. The maximum atomic E-state index is 12.3. The van der Waals surface area contributed by atoms with E-state index in [1.54, 1.807) is 24.1 Å². The van der Waals surface area contributed by atoms with Gasteiger partial charge in [0.2, 0.25) is 0 Å². The van der Waals surface area contributed by atoms with E-state index in [0.29, 0.717) is 22.2 Å². The van der Waals surface area contributed by atoms with Gasteiger partial charge in [-0.1, -0.05) is 29.3 Å². The Morgan fingerprint density at radius 2 is 1.80 bits per heavy atom. The van der Waals surface area contributed by atoms with Gasteiger partial charge in [0.05, 0.1) is 0 Å². The zero-order chi connectivity index (χ0) is 14.7. The number of rotatable bonds is 3. The Hall–Kier alpha value is -0.780. The SMILES string of the molecule is CN(Cc1ccc(Cl)cc1Cl)C(=O)c1ccc(I)cc1. The molecule has 0 atom stereocenters. The summed E-state index contributed by atoms with van der Waals surface area (Å²) in [5.41, 5.74) is 1.54. The number of carbonyl (C=O) groups is 1. The molecule has 0 aromatic heterocycles.